The number of carbonyl (C=O) groups is 2. The highest BCUT2D eigenvalue weighted by Gasteiger charge is 2.13. The van der Waals surface area contributed by atoms with Gasteiger partial charge in [0.1, 0.15) is 5.15 Å². The van der Waals surface area contributed by atoms with Gasteiger partial charge in [0.2, 0.25) is 0 Å². The van der Waals surface area contributed by atoms with Crippen LogP contribution >= 0.6 is 11.6 Å². The van der Waals surface area contributed by atoms with Crippen molar-refractivity contribution in [1.82, 2.24) is 15.1 Å². The van der Waals surface area contributed by atoms with E-state index in [1.807, 2.05) is 37.3 Å². The molecule has 0 saturated heterocycles. The van der Waals surface area contributed by atoms with Gasteiger partial charge in [0.05, 0.1) is 11.4 Å². The summed E-state index contributed by atoms with van der Waals surface area (Å²) in [6.07, 6.45) is 3.59. The third kappa shape index (κ3) is 5.19. The number of benzene rings is 1. The molecule has 1 aromatic heterocycles. The molecule has 6 nitrogen and oxygen atoms in total. The Labute approximate surface area is 151 Å². The van der Waals surface area contributed by atoms with Gasteiger partial charge in [-0.1, -0.05) is 36.7 Å². The lowest BCUT2D eigenvalue weighted by molar-refractivity contribution is -0.143. The van der Waals surface area contributed by atoms with E-state index in [1.54, 1.807) is 11.6 Å². The Morgan fingerprint density at radius 2 is 2.04 bits per heavy atom. The normalized spacial score (nSPS) is 10.8. The molecule has 2 aromatic rings. The van der Waals surface area contributed by atoms with Crippen molar-refractivity contribution in [3.05, 3.63) is 52.8 Å². The van der Waals surface area contributed by atoms with Crippen LogP contribution < -0.4 is 5.32 Å². The number of nitrogens with zero attached hydrogens (tertiary/aromatic N) is 2. The standard InChI is InChI=1S/C18H20ClN3O3/c1-3-11-20-16(23)12-25-17(24)10-9-15-13(2)21-22(18(15)19)14-7-5-4-6-8-14/h4-10H,3,11-12H2,1-2H3,(H,20,23)/b10-9+. The first-order valence-corrected chi connectivity index (χ1v) is 8.32. The van der Waals surface area contributed by atoms with Crippen molar-refractivity contribution in [2.45, 2.75) is 20.3 Å². The predicted molar refractivity (Wildman–Crippen MR) is 96.6 cm³/mol. The van der Waals surface area contributed by atoms with Gasteiger partial charge in [0.15, 0.2) is 6.61 Å². The molecule has 132 valence electrons. The zero-order valence-corrected chi connectivity index (χ0v) is 14.9. The highest BCUT2D eigenvalue weighted by molar-refractivity contribution is 6.31. The summed E-state index contributed by atoms with van der Waals surface area (Å²) in [5.41, 5.74) is 2.13. The highest BCUT2D eigenvalue weighted by atomic mass is 35.5. The smallest absolute Gasteiger partial charge is 0.331 e. The Kier molecular flexibility index (Phi) is 6.77. The number of nitrogens with one attached hydrogen (secondary N) is 1. The summed E-state index contributed by atoms with van der Waals surface area (Å²) in [5, 5.41) is 7.41. The number of ether oxygens (including phenoxy) is 1. The lowest BCUT2D eigenvalue weighted by Crippen LogP contribution is -2.28. The van der Waals surface area contributed by atoms with E-state index in [4.69, 9.17) is 16.3 Å². The van der Waals surface area contributed by atoms with Crippen molar-refractivity contribution in [2.24, 2.45) is 0 Å². The largest absolute Gasteiger partial charge is 0.452 e. The van der Waals surface area contributed by atoms with Gasteiger partial charge in [-0.05, 0) is 31.6 Å². The molecular formula is C18H20ClN3O3. The minimum absolute atomic E-state index is 0.306. The van der Waals surface area contributed by atoms with Crippen LogP contribution in [0.1, 0.15) is 24.6 Å². The SMILES string of the molecule is CCCNC(=O)COC(=O)/C=C/c1c(C)nn(-c2ccccc2)c1Cl. The number of halogens is 1. The summed E-state index contributed by atoms with van der Waals surface area (Å²) in [4.78, 5) is 23.1. The fourth-order valence-electron chi connectivity index (χ4n) is 2.09. The number of amides is 1. The molecule has 1 amide bonds. The average molecular weight is 362 g/mol. The molecule has 0 spiro atoms. The Morgan fingerprint density at radius 1 is 1.32 bits per heavy atom. The monoisotopic (exact) mass is 361 g/mol. The molecule has 1 N–H and O–H groups in total. The lowest BCUT2D eigenvalue weighted by Gasteiger charge is -2.03. The van der Waals surface area contributed by atoms with Gasteiger partial charge in [-0.3, -0.25) is 4.79 Å². The topological polar surface area (TPSA) is 73.2 Å². The van der Waals surface area contributed by atoms with E-state index in [2.05, 4.69) is 10.4 Å². The molecule has 1 aromatic carbocycles. The lowest BCUT2D eigenvalue weighted by atomic mass is 10.2. The van der Waals surface area contributed by atoms with Crippen LogP contribution in [0.5, 0.6) is 0 Å². The molecule has 0 aliphatic heterocycles. The van der Waals surface area contributed by atoms with E-state index in [0.29, 0.717) is 23.0 Å². The van der Waals surface area contributed by atoms with Gasteiger partial charge in [-0.2, -0.15) is 5.10 Å². The Balaban J connectivity index is 2.03. The van der Waals surface area contributed by atoms with Crippen molar-refractivity contribution in [3.8, 4) is 5.69 Å². The fourth-order valence-corrected chi connectivity index (χ4v) is 2.43. The number of aromatic nitrogens is 2. The first-order valence-electron chi connectivity index (χ1n) is 7.95. The van der Waals surface area contributed by atoms with Gasteiger partial charge >= 0.3 is 5.97 Å². The van der Waals surface area contributed by atoms with Crippen LogP contribution in [-0.4, -0.2) is 34.8 Å². The van der Waals surface area contributed by atoms with Gasteiger partial charge in [0, 0.05) is 18.2 Å². The molecule has 1 heterocycles. The number of hydrogen-bond acceptors (Lipinski definition) is 4. The number of hydrogen-bond donors (Lipinski definition) is 1. The zero-order valence-electron chi connectivity index (χ0n) is 14.2. The summed E-state index contributed by atoms with van der Waals surface area (Å²) in [6.45, 7) is 3.99. The summed E-state index contributed by atoms with van der Waals surface area (Å²) in [7, 11) is 0. The molecule has 0 atom stereocenters. The quantitative estimate of drug-likeness (QED) is 0.608. The molecule has 0 saturated carbocycles. The second kappa shape index (κ2) is 9.03. The van der Waals surface area contributed by atoms with Gasteiger partial charge in [0.25, 0.3) is 5.91 Å². The third-order valence-corrected chi connectivity index (χ3v) is 3.72. The van der Waals surface area contributed by atoms with Crippen LogP contribution in [-0.2, 0) is 14.3 Å². The Hall–Kier alpha value is -2.60. The molecule has 0 radical (unpaired) electrons. The number of para-hydroxylation sites is 1. The van der Waals surface area contributed by atoms with Crippen LogP contribution in [0.4, 0.5) is 0 Å². The number of esters is 1. The average Bonchev–Trinajstić information content (AvgIpc) is 2.91. The molecular weight excluding hydrogens is 342 g/mol. The molecule has 0 unspecified atom stereocenters. The second-order valence-electron chi connectivity index (χ2n) is 5.33. The van der Waals surface area contributed by atoms with Gasteiger partial charge in [-0.15, -0.1) is 0 Å². The maximum absolute atomic E-state index is 11.7. The molecule has 0 bridgehead atoms. The minimum atomic E-state index is -0.616. The third-order valence-electron chi connectivity index (χ3n) is 3.35. The van der Waals surface area contributed by atoms with Crippen molar-refractivity contribution >= 4 is 29.6 Å². The van der Waals surface area contributed by atoms with Crippen molar-refractivity contribution in [1.29, 1.82) is 0 Å². The van der Waals surface area contributed by atoms with Crippen LogP contribution in [0.25, 0.3) is 11.8 Å². The molecule has 2 rings (SSSR count). The number of carbonyl (C=O) groups excluding carboxylic acids is 2. The van der Waals surface area contributed by atoms with E-state index >= 15 is 0 Å². The maximum Gasteiger partial charge on any atom is 0.331 e. The highest BCUT2D eigenvalue weighted by Crippen LogP contribution is 2.24. The van der Waals surface area contributed by atoms with Gasteiger partial charge in [-0.25, -0.2) is 9.48 Å². The van der Waals surface area contributed by atoms with Crippen LogP contribution in [0, 0.1) is 6.92 Å². The van der Waals surface area contributed by atoms with Crippen LogP contribution in [0.15, 0.2) is 36.4 Å². The summed E-state index contributed by atoms with van der Waals surface area (Å²) < 4.78 is 6.48. The predicted octanol–water partition coefficient (Wildman–Crippen LogP) is 2.92. The Morgan fingerprint density at radius 3 is 2.72 bits per heavy atom. The van der Waals surface area contributed by atoms with Crippen molar-refractivity contribution in [3.63, 3.8) is 0 Å². The summed E-state index contributed by atoms with van der Waals surface area (Å²) >= 11 is 6.37. The van der Waals surface area contributed by atoms with E-state index in [0.717, 1.165) is 12.1 Å². The number of rotatable bonds is 7. The zero-order chi connectivity index (χ0) is 18.2. The first kappa shape index (κ1) is 18.7. The van der Waals surface area contributed by atoms with Crippen molar-refractivity contribution < 1.29 is 14.3 Å². The summed E-state index contributed by atoms with van der Waals surface area (Å²) in [6, 6.07) is 9.45. The van der Waals surface area contributed by atoms with Crippen LogP contribution in [0.3, 0.4) is 0 Å². The van der Waals surface area contributed by atoms with Crippen LogP contribution in [0.2, 0.25) is 5.15 Å². The molecule has 0 fully saturated rings. The summed E-state index contributed by atoms with van der Waals surface area (Å²) in [5.74, 6) is -0.940. The van der Waals surface area contributed by atoms with E-state index in [-0.39, 0.29) is 12.5 Å². The second-order valence-corrected chi connectivity index (χ2v) is 5.69. The fraction of sp³-hybridized carbons (Fsp3) is 0.278. The van der Waals surface area contributed by atoms with Gasteiger partial charge < -0.3 is 10.1 Å². The number of aryl methyl sites for hydroxylation is 1. The molecule has 7 heteroatoms. The maximum atomic E-state index is 11.7. The Bertz CT molecular complexity index is 769. The van der Waals surface area contributed by atoms with Crippen molar-refractivity contribution in [2.75, 3.05) is 13.2 Å². The minimum Gasteiger partial charge on any atom is -0.452 e. The van der Waals surface area contributed by atoms with E-state index in [9.17, 15) is 9.59 Å². The molecule has 0 aliphatic carbocycles. The van der Waals surface area contributed by atoms with E-state index in [1.165, 1.54) is 12.2 Å². The molecule has 25 heavy (non-hydrogen) atoms. The van der Waals surface area contributed by atoms with E-state index < -0.39 is 5.97 Å². The first-order chi connectivity index (χ1) is 12.0. The molecule has 0 aliphatic rings.